The fraction of sp³-hybridized carbons (Fsp3) is 0.444. The van der Waals surface area contributed by atoms with Crippen molar-refractivity contribution in [3.8, 4) is 0 Å². The molecule has 0 aliphatic carbocycles. The molecule has 2 nitrogen and oxygen atoms in total. The molecule has 1 aliphatic rings. The SMILES string of the molecule is CC=CC1=NCCC=C1NC. The average molecular weight is 150 g/mol. The van der Waals surface area contributed by atoms with Gasteiger partial charge in [0, 0.05) is 13.6 Å². The number of nitrogens with one attached hydrogen (secondary N) is 1. The van der Waals surface area contributed by atoms with E-state index in [1.807, 2.05) is 26.1 Å². The van der Waals surface area contributed by atoms with Gasteiger partial charge in [-0.1, -0.05) is 12.2 Å². The third kappa shape index (κ3) is 1.93. The van der Waals surface area contributed by atoms with Crippen LogP contribution in [0.5, 0.6) is 0 Å². The van der Waals surface area contributed by atoms with Crippen molar-refractivity contribution in [2.75, 3.05) is 13.6 Å². The summed E-state index contributed by atoms with van der Waals surface area (Å²) in [7, 11) is 1.93. The van der Waals surface area contributed by atoms with Crippen LogP contribution in [-0.4, -0.2) is 19.3 Å². The van der Waals surface area contributed by atoms with Crippen LogP contribution in [0.3, 0.4) is 0 Å². The molecule has 0 aromatic carbocycles. The molecule has 1 aliphatic heterocycles. The Kier molecular flexibility index (Phi) is 2.90. The van der Waals surface area contributed by atoms with E-state index in [1.54, 1.807) is 0 Å². The summed E-state index contributed by atoms with van der Waals surface area (Å²) in [6.45, 7) is 2.93. The minimum atomic E-state index is 0.921. The standard InChI is InChI=1S/C9H14N2/c1-3-5-9-8(10-2)6-4-7-11-9/h3,5-6,10H,4,7H2,1-2H3. The number of hydrogen-bond donors (Lipinski definition) is 1. The quantitative estimate of drug-likeness (QED) is 0.634. The Hall–Kier alpha value is -1.05. The van der Waals surface area contributed by atoms with E-state index < -0.39 is 0 Å². The van der Waals surface area contributed by atoms with Crippen molar-refractivity contribution < 1.29 is 0 Å². The normalized spacial score (nSPS) is 18.0. The van der Waals surface area contributed by atoms with Crippen molar-refractivity contribution >= 4 is 5.71 Å². The van der Waals surface area contributed by atoms with E-state index in [0.29, 0.717) is 0 Å². The van der Waals surface area contributed by atoms with Gasteiger partial charge >= 0.3 is 0 Å². The van der Waals surface area contributed by atoms with Crippen LogP contribution in [-0.2, 0) is 0 Å². The number of rotatable bonds is 2. The van der Waals surface area contributed by atoms with Crippen LogP contribution in [0.15, 0.2) is 28.9 Å². The Morgan fingerprint density at radius 3 is 3.09 bits per heavy atom. The second-order valence-corrected chi connectivity index (χ2v) is 2.42. The van der Waals surface area contributed by atoms with Gasteiger partial charge in [-0.3, -0.25) is 4.99 Å². The van der Waals surface area contributed by atoms with E-state index in [0.717, 1.165) is 24.4 Å². The molecule has 0 unspecified atom stereocenters. The summed E-state index contributed by atoms with van der Waals surface area (Å²) in [6, 6.07) is 0. The molecule has 1 rings (SSSR count). The van der Waals surface area contributed by atoms with E-state index in [2.05, 4.69) is 16.4 Å². The molecule has 0 amide bonds. The van der Waals surface area contributed by atoms with Gasteiger partial charge in [0.2, 0.25) is 0 Å². The van der Waals surface area contributed by atoms with Crippen LogP contribution < -0.4 is 5.32 Å². The van der Waals surface area contributed by atoms with Crippen molar-refractivity contribution in [3.63, 3.8) is 0 Å². The Morgan fingerprint density at radius 1 is 1.64 bits per heavy atom. The third-order valence-corrected chi connectivity index (χ3v) is 1.63. The molecule has 1 heterocycles. The second kappa shape index (κ2) is 3.96. The first-order valence-electron chi connectivity index (χ1n) is 3.94. The lowest BCUT2D eigenvalue weighted by atomic mass is 10.1. The first-order valence-corrected chi connectivity index (χ1v) is 3.94. The topological polar surface area (TPSA) is 24.4 Å². The maximum Gasteiger partial charge on any atom is 0.0799 e. The van der Waals surface area contributed by atoms with E-state index in [-0.39, 0.29) is 0 Å². The summed E-state index contributed by atoms with van der Waals surface area (Å²) < 4.78 is 0. The Balaban J connectivity index is 2.75. The van der Waals surface area contributed by atoms with Crippen LogP contribution >= 0.6 is 0 Å². The molecule has 0 aromatic heterocycles. The predicted octanol–water partition coefficient (Wildman–Crippen LogP) is 1.51. The lowest BCUT2D eigenvalue weighted by molar-refractivity contribution is 0.932. The van der Waals surface area contributed by atoms with Gasteiger partial charge in [-0.25, -0.2) is 0 Å². The molecule has 0 fully saturated rings. The number of nitrogens with zero attached hydrogens (tertiary/aromatic N) is 1. The molecule has 0 atom stereocenters. The molecule has 0 aromatic rings. The molecule has 2 heteroatoms. The number of dihydropyridines is 1. The minimum absolute atomic E-state index is 0.921. The van der Waals surface area contributed by atoms with Gasteiger partial charge in [0.05, 0.1) is 11.4 Å². The average Bonchev–Trinajstić information content (AvgIpc) is 2.06. The molecule has 0 bridgehead atoms. The molecule has 0 radical (unpaired) electrons. The van der Waals surface area contributed by atoms with E-state index in [9.17, 15) is 0 Å². The van der Waals surface area contributed by atoms with Crippen molar-refractivity contribution in [1.29, 1.82) is 0 Å². The molecular weight excluding hydrogens is 136 g/mol. The molecule has 1 N–H and O–H groups in total. The van der Waals surface area contributed by atoms with Crippen LogP contribution in [0.2, 0.25) is 0 Å². The van der Waals surface area contributed by atoms with Crippen LogP contribution in [0.25, 0.3) is 0 Å². The number of aliphatic imine (C=N–C) groups is 1. The highest BCUT2D eigenvalue weighted by atomic mass is 14.9. The molecular formula is C9H14N2. The van der Waals surface area contributed by atoms with E-state index in [1.165, 1.54) is 0 Å². The van der Waals surface area contributed by atoms with Crippen molar-refractivity contribution in [2.45, 2.75) is 13.3 Å². The summed E-state index contributed by atoms with van der Waals surface area (Å²) in [5.41, 5.74) is 2.22. The zero-order chi connectivity index (χ0) is 8.10. The minimum Gasteiger partial charge on any atom is -0.387 e. The summed E-state index contributed by atoms with van der Waals surface area (Å²) in [4.78, 5) is 4.37. The third-order valence-electron chi connectivity index (χ3n) is 1.63. The fourth-order valence-electron chi connectivity index (χ4n) is 1.11. The number of hydrogen-bond acceptors (Lipinski definition) is 2. The summed E-state index contributed by atoms with van der Waals surface area (Å²) >= 11 is 0. The monoisotopic (exact) mass is 150 g/mol. The highest BCUT2D eigenvalue weighted by molar-refractivity contribution is 6.08. The Labute approximate surface area is 67.7 Å². The van der Waals surface area contributed by atoms with Gasteiger partial charge in [-0.05, 0) is 19.4 Å². The zero-order valence-electron chi connectivity index (χ0n) is 7.09. The summed E-state index contributed by atoms with van der Waals surface area (Å²) in [5, 5.41) is 3.12. The van der Waals surface area contributed by atoms with Gasteiger partial charge in [0.15, 0.2) is 0 Å². The smallest absolute Gasteiger partial charge is 0.0799 e. The first-order chi connectivity index (χ1) is 5.38. The largest absolute Gasteiger partial charge is 0.387 e. The number of allylic oxidation sites excluding steroid dienone is 2. The maximum atomic E-state index is 4.37. The van der Waals surface area contributed by atoms with E-state index in [4.69, 9.17) is 0 Å². The molecule has 60 valence electrons. The van der Waals surface area contributed by atoms with Crippen molar-refractivity contribution in [1.82, 2.24) is 5.32 Å². The molecule has 0 saturated carbocycles. The van der Waals surface area contributed by atoms with Gasteiger partial charge in [-0.15, -0.1) is 0 Å². The predicted molar refractivity (Wildman–Crippen MR) is 48.9 cm³/mol. The van der Waals surface area contributed by atoms with Crippen LogP contribution in [0.4, 0.5) is 0 Å². The van der Waals surface area contributed by atoms with Crippen molar-refractivity contribution in [2.24, 2.45) is 4.99 Å². The highest BCUT2D eigenvalue weighted by Crippen LogP contribution is 2.04. The zero-order valence-corrected chi connectivity index (χ0v) is 7.09. The highest BCUT2D eigenvalue weighted by Gasteiger charge is 2.03. The molecule has 11 heavy (non-hydrogen) atoms. The Bertz CT molecular complexity index is 212. The Morgan fingerprint density at radius 2 is 2.45 bits per heavy atom. The summed E-state index contributed by atoms with van der Waals surface area (Å²) in [6.07, 6.45) is 7.27. The lowest BCUT2D eigenvalue weighted by Crippen LogP contribution is -2.17. The fourth-order valence-corrected chi connectivity index (χ4v) is 1.11. The van der Waals surface area contributed by atoms with Crippen LogP contribution in [0.1, 0.15) is 13.3 Å². The molecule has 0 spiro atoms. The van der Waals surface area contributed by atoms with Gasteiger partial charge < -0.3 is 5.32 Å². The lowest BCUT2D eigenvalue weighted by Gasteiger charge is -2.11. The second-order valence-electron chi connectivity index (χ2n) is 2.42. The maximum absolute atomic E-state index is 4.37. The van der Waals surface area contributed by atoms with E-state index >= 15 is 0 Å². The first kappa shape index (κ1) is 8.05. The van der Waals surface area contributed by atoms with Crippen molar-refractivity contribution in [3.05, 3.63) is 23.9 Å². The van der Waals surface area contributed by atoms with Crippen LogP contribution in [0, 0.1) is 0 Å². The van der Waals surface area contributed by atoms with Gasteiger partial charge in [-0.2, -0.15) is 0 Å². The van der Waals surface area contributed by atoms with Gasteiger partial charge in [0.1, 0.15) is 0 Å². The molecule has 0 saturated heterocycles. The van der Waals surface area contributed by atoms with Gasteiger partial charge in [0.25, 0.3) is 0 Å². The summed E-state index contributed by atoms with van der Waals surface area (Å²) in [5.74, 6) is 0.